The number of halogens is 1. The lowest BCUT2D eigenvalue weighted by Gasteiger charge is -2.17. The fourth-order valence-corrected chi connectivity index (χ4v) is 1.28. The Balaban J connectivity index is 2.81. The number of aliphatic carboxylic acids is 1. The van der Waals surface area contributed by atoms with Gasteiger partial charge >= 0.3 is 5.97 Å². The molecule has 17 heavy (non-hydrogen) atoms. The van der Waals surface area contributed by atoms with Crippen LogP contribution in [0, 0.1) is 11.9 Å². The highest BCUT2D eigenvalue weighted by molar-refractivity contribution is 5.96. The highest BCUT2D eigenvalue weighted by Crippen LogP contribution is 2.05. The van der Waals surface area contributed by atoms with Gasteiger partial charge in [-0.1, -0.05) is 13.8 Å². The minimum absolute atomic E-state index is 0.0457. The molecule has 0 bridgehead atoms. The summed E-state index contributed by atoms with van der Waals surface area (Å²) in [6, 6.07) is 1.27. The predicted molar refractivity (Wildman–Crippen MR) is 57.9 cm³/mol. The standard InChI is InChI=1S/C11H13FN2O3/c1-6(2)9(11(16)17)14-10(15)7-3-4-13-8(12)5-7/h3-6,9H,1-2H3,(H,14,15)(H,16,17)/t9-/m0/s1. The van der Waals surface area contributed by atoms with E-state index in [4.69, 9.17) is 5.11 Å². The van der Waals surface area contributed by atoms with Crippen molar-refractivity contribution >= 4 is 11.9 Å². The molecule has 92 valence electrons. The zero-order chi connectivity index (χ0) is 13.0. The average molecular weight is 240 g/mol. The molecule has 1 amide bonds. The fourth-order valence-electron chi connectivity index (χ4n) is 1.28. The third-order valence-corrected chi connectivity index (χ3v) is 2.21. The molecule has 6 heteroatoms. The number of carbonyl (C=O) groups is 2. The van der Waals surface area contributed by atoms with Gasteiger partial charge in [0.15, 0.2) is 0 Å². The number of carboxylic acids is 1. The molecule has 0 unspecified atom stereocenters. The molecule has 2 N–H and O–H groups in total. The van der Waals surface area contributed by atoms with Crippen molar-refractivity contribution in [2.75, 3.05) is 0 Å². The van der Waals surface area contributed by atoms with Crippen LogP contribution in [0.3, 0.4) is 0 Å². The van der Waals surface area contributed by atoms with E-state index < -0.39 is 23.9 Å². The molecule has 1 aromatic heterocycles. The third kappa shape index (κ3) is 3.51. The second kappa shape index (κ2) is 5.38. The van der Waals surface area contributed by atoms with Gasteiger partial charge in [0, 0.05) is 17.8 Å². The minimum atomic E-state index is -1.12. The molecular formula is C11H13FN2O3. The van der Waals surface area contributed by atoms with Gasteiger partial charge in [-0.05, 0) is 12.0 Å². The van der Waals surface area contributed by atoms with Crippen molar-refractivity contribution in [1.82, 2.24) is 10.3 Å². The number of carboxylic acid groups (broad SMARTS) is 1. The van der Waals surface area contributed by atoms with Crippen molar-refractivity contribution in [3.63, 3.8) is 0 Å². The molecule has 1 aromatic rings. The largest absolute Gasteiger partial charge is 0.480 e. The van der Waals surface area contributed by atoms with Crippen LogP contribution in [0.1, 0.15) is 24.2 Å². The molecule has 0 saturated heterocycles. The van der Waals surface area contributed by atoms with Gasteiger partial charge in [0.2, 0.25) is 5.95 Å². The molecule has 1 atom stereocenters. The Hall–Kier alpha value is -1.98. The number of carbonyl (C=O) groups excluding carboxylic acids is 1. The number of amides is 1. The van der Waals surface area contributed by atoms with E-state index in [0.717, 1.165) is 12.3 Å². The van der Waals surface area contributed by atoms with E-state index >= 15 is 0 Å². The molecule has 0 aromatic carbocycles. The van der Waals surface area contributed by atoms with Crippen molar-refractivity contribution < 1.29 is 19.1 Å². The fraction of sp³-hybridized carbons (Fsp3) is 0.364. The Kier molecular flexibility index (Phi) is 4.14. The number of aromatic nitrogens is 1. The van der Waals surface area contributed by atoms with Gasteiger partial charge in [-0.3, -0.25) is 4.79 Å². The van der Waals surface area contributed by atoms with Crippen molar-refractivity contribution in [2.45, 2.75) is 19.9 Å². The Morgan fingerprint density at radius 2 is 2.12 bits per heavy atom. The van der Waals surface area contributed by atoms with Crippen LogP contribution >= 0.6 is 0 Å². The summed E-state index contributed by atoms with van der Waals surface area (Å²) in [5, 5.41) is 11.2. The molecule has 0 aliphatic rings. The van der Waals surface area contributed by atoms with E-state index in [1.807, 2.05) is 0 Å². The van der Waals surface area contributed by atoms with Gasteiger partial charge in [-0.2, -0.15) is 4.39 Å². The van der Waals surface area contributed by atoms with Crippen LogP contribution in [0.5, 0.6) is 0 Å². The Bertz CT molecular complexity index is 434. The van der Waals surface area contributed by atoms with Gasteiger partial charge in [0.1, 0.15) is 6.04 Å². The molecule has 0 aliphatic carbocycles. The summed E-state index contributed by atoms with van der Waals surface area (Å²) in [7, 11) is 0. The monoisotopic (exact) mass is 240 g/mol. The summed E-state index contributed by atoms with van der Waals surface area (Å²) in [6.07, 6.45) is 1.15. The van der Waals surface area contributed by atoms with Gasteiger partial charge in [-0.25, -0.2) is 9.78 Å². The first-order valence-corrected chi connectivity index (χ1v) is 5.07. The molecular weight excluding hydrogens is 227 g/mol. The number of hydrogen-bond donors (Lipinski definition) is 2. The maximum atomic E-state index is 12.8. The molecule has 0 fully saturated rings. The number of rotatable bonds is 4. The Morgan fingerprint density at radius 1 is 1.47 bits per heavy atom. The first kappa shape index (κ1) is 13.1. The predicted octanol–water partition coefficient (Wildman–Crippen LogP) is 1.06. The van der Waals surface area contributed by atoms with Crippen LogP contribution in [0.2, 0.25) is 0 Å². The molecule has 1 rings (SSSR count). The summed E-state index contributed by atoms with van der Waals surface area (Å²) in [5.74, 6) is -2.80. The summed E-state index contributed by atoms with van der Waals surface area (Å²) < 4.78 is 12.8. The zero-order valence-electron chi connectivity index (χ0n) is 9.48. The molecule has 0 saturated carbocycles. The van der Waals surface area contributed by atoms with E-state index in [9.17, 15) is 14.0 Å². The third-order valence-electron chi connectivity index (χ3n) is 2.21. The lowest BCUT2D eigenvalue weighted by Crippen LogP contribution is -2.44. The van der Waals surface area contributed by atoms with E-state index in [1.165, 1.54) is 6.07 Å². The van der Waals surface area contributed by atoms with E-state index in [1.54, 1.807) is 13.8 Å². The quantitative estimate of drug-likeness (QED) is 0.771. The highest BCUT2D eigenvalue weighted by atomic mass is 19.1. The van der Waals surface area contributed by atoms with Crippen LogP contribution in [0.15, 0.2) is 18.3 Å². The van der Waals surface area contributed by atoms with E-state index in [-0.39, 0.29) is 11.5 Å². The zero-order valence-corrected chi connectivity index (χ0v) is 9.48. The summed E-state index contributed by atoms with van der Waals surface area (Å²) >= 11 is 0. The van der Waals surface area contributed by atoms with Crippen LogP contribution < -0.4 is 5.32 Å². The SMILES string of the molecule is CC(C)[C@H](NC(=O)c1ccnc(F)c1)C(=O)O. The van der Waals surface area contributed by atoms with Crippen molar-refractivity contribution in [1.29, 1.82) is 0 Å². The van der Waals surface area contributed by atoms with Crippen LogP contribution in [-0.2, 0) is 4.79 Å². The summed E-state index contributed by atoms with van der Waals surface area (Å²) in [5.41, 5.74) is 0.0457. The van der Waals surface area contributed by atoms with Crippen molar-refractivity contribution in [2.24, 2.45) is 5.92 Å². The van der Waals surface area contributed by atoms with Gasteiger partial charge in [-0.15, -0.1) is 0 Å². The van der Waals surface area contributed by atoms with E-state index in [0.29, 0.717) is 0 Å². The van der Waals surface area contributed by atoms with Gasteiger partial charge in [0.25, 0.3) is 5.91 Å². The van der Waals surface area contributed by atoms with Crippen LogP contribution in [0.4, 0.5) is 4.39 Å². The maximum absolute atomic E-state index is 12.8. The number of nitrogens with zero attached hydrogens (tertiary/aromatic N) is 1. The summed E-state index contributed by atoms with van der Waals surface area (Å²) in [4.78, 5) is 25.8. The van der Waals surface area contributed by atoms with Crippen molar-refractivity contribution in [3.8, 4) is 0 Å². The second-order valence-electron chi connectivity index (χ2n) is 3.90. The van der Waals surface area contributed by atoms with Crippen molar-refractivity contribution in [3.05, 3.63) is 29.8 Å². The minimum Gasteiger partial charge on any atom is -0.480 e. The van der Waals surface area contributed by atoms with Gasteiger partial charge in [0.05, 0.1) is 0 Å². The molecule has 1 heterocycles. The number of pyridine rings is 1. The maximum Gasteiger partial charge on any atom is 0.326 e. The molecule has 0 spiro atoms. The van der Waals surface area contributed by atoms with Crippen LogP contribution in [0.25, 0.3) is 0 Å². The Labute approximate surface area is 97.7 Å². The first-order chi connectivity index (χ1) is 7.91. The van der Waals surface area contributed by atoms with Gasteiger partial charge < -0.3 is 10.4 Å². The number of hydrogen-bond acceptors (Lipinski definition) is 3. The smallest absolute Gasteiger partial charge is 0.326 e. The summed E-state index contributed by atoms with van der Waals surface area (Å²) in [6.45, 7) is 3.35. The number of nitrogens with one attached hydrogen (secondary N) is 1. The normalized spacial score (nSPS) is 12.2. The van der Waals surface area contributed by atoms with Crippen LogP contribution in [-0.4, -0.2) is 28.0 Å². The average Bonchev–Trinajstić information content (AvgIpc) is 2.24. The molecule has 0 radical (unpaired) electrons. The molecule has 5 nitrogen and oxygen atoms in total. The van der Waals surface area contributed by atoms with E-state index in [2.05, 4.69) is 10.3 Å². The topological polar surface area (TPSA) is 79.3 Å². The Morgan fingerprint density at radius 3 is 2.59 bits per heavy atom. The first-order valence-electron chi connectivity index (χ1n) is 5.07. The highest BCUT2D eigenvalue weighted by Gasteiger charge is 2.23. The molecule has 0 aliphatic heterocycles. The second-order valence-corrected chi connectivity index (χ2v) is 3.90. The lowest BCUT2D eigenvalue weighted by atomic mass is 10.0. The lowest BCUT2D eigenvalue weighted by molar-refractivity contribution is -0.140.